The molecule has 172 valence electrons. The molecule has 0 amide bonds. The van der Waals surface area contributed by atoms with Crippen molar-refractivity contribution >= 4 is 15.5 Å². The van der Waals surface area contributed by atoms with Crippen LogP contribution in [0.15, 0.2) is 113 Å². The van der Waals surface area contributed by atoms with Crippen LogP contribution in [0.25, 0.3) is 11.1 Å². The molecule has 0 aliphatic rings. The molecule has 5 nitrogen and oxygen atoms in total. The van der Waals surface area contributed by atoms with Crippen LogP contribution < -0.4 is 0 Å². The first-order valence-corrected chi connectivity index (χ1v) is 12.8. The number of sulfone groups is 1. The van der Waals surface area contributed by atoms with E-state index in [4.69, 9.17) is 0 Å². The summed E-state index contributed by atoms with van der Waals surface area (Å²) in [6.45, 7) is 1.65. The molecular weight excluding hydrogens is 444 g/mol. The molecule has 1 unspecified atom stereocenters. The molecule has 0 aliphatic heterocycles. The molecule has 34 heavy (non-hydrogen) atoms. The summed E-state index contributed by atoms with van der Waals surface area (Å²) < 4.78 is 24.2. The fourth-order valence-electron chi connectivity index (χ4n) is 4.00. The molecule has 0 spiro atoms. The quantitative estimate of drug-likeness (QED) is 0.196. The molecule has 0 bridgehead atoms. The van der Waals surface area contributed by atoms with E-state index < -0.39 is 9.84 Å². The number of hydrogen-bond acceptors (Lipinski definition) is 5. The van der Waals surface area contributed by atoms with Gasteiger partial charge in [0.1, 0.15) is 0 Å². The van der Waals surface area contributed by atoms with Gasteiger partial charge in [0.05, 0.1) is 16.4 Å². The van der Waals surface area contributed by atoms with Crippen molar-refractivity contribution in [1.82, 2.24) is 4.98 Å². The van der Waals surface area contributed by atoms with Crippen molar-refractivity contribution in [2.75, 3.05) is 5.75 Å². The Bertz CT molecular complexity index is 1350. The second-order valence-electron chi connectivity index (χ2n) is 8.00. The number of oxime groups is 1. The molecule has 1 aromatic heterocycles. The minimum atomic E-state index is -3.22. The van der Waals surface area contributed by atoms with Gasteiger partial charge in [0.25, 0.3) is 0 Å². The van der Waals surface area contributed by atoms with Gasteiger partial charge >= 0.3 is 0 Å². The number of hydrogen-bond donors (Lipinski definition) is 1. The first kappa shape index (κ1) is 23.4. The Labute approximate surface area is 200 Å². The highest BCUT2D eigenvalue weighted by Crippen LogP contribution is 2.32. The number of benzene rings is 3. The molecule has 1 N–H and O–H groups in total. The summed E-state index contributed by atoms with van der Waals surface area (Å²) in [4.78, 5) is 4.39. The van der Waals surface area contributed by atoms with Gasteiger partial charge in [-0.25, -0.2) is 8.42 Å². The highest BCUT2D eigenvalue weighted by molar-refractivity contribution is 7.91. The number of rotatable bonds is 8. The summed E-state index contributed by atoms with van der Waals surface area (Å²) >= 11 is 0. The van der Waals surface area contributed by atoms with Crippen LogP contribution in [0, 0.1) is 0 Å². The molecule has 1 heterocycles. The fourth-order valence-corrected chi connectivity index (χ4v) is 4.88. The Morgan fingerprint density at radius 1 is 0.824 bits per heavy atom. The van der Waals surface area contributed by atoms with Gasteiger partial charge in [-0.3, -0.25) is 4.98 Å². The smallest absolute Gasteiger partial charge is 0.178 e. The predicted octanol–water partition coefficient (Wildman–Crippen LogP) is 5.94. The second-order valence-corrected chi connectivity index (χ2v) is 10.3. The number of pyridine rings is 1. The fraction of sp³-hybridized carbons (Fsp3) is 0.143. The van der Waals surface area contributed by atoms with Crippen molar-refractivity contribution in [2.24, 2.45) is 5.16 Å². The van der Waals surface area contributed by atoms with E-state index in [1.54, 1.807) is 31.5 Å². The highest BCUT2D eigenvalue weighted by atomic mass is 32.2. The van der Waals surface area contributed by atoms with Crippen molar-refractivity contribution in [3.05, 3.63) is 120 Å². The zero-order valence-corrected chi connectivity index (χ0v) is 19.7. The molecule has 0 saturated heterocycles. The van der Waals surface area contributed by atoms with Crippen LogP contribution in [0.1, 0.15) is 36.0 Å². The van der Waals surface area contributed by atoms with Crippen LogP contribution in [-0.4, -0.2) is 30.1 Å². The molecular formula is C28H26N2O3S. The van der Waals surface area contributed by atoms with Crippen molar-refractivity contribution in [1.29, 1.82) is 0 Å². The first-order valence-electron chi connectivity index (χ1n) is 11.1. The lowest BCUT2D eigenvalue weighted by Gasteiger charge is -2.19. The van der Waals surface area contributed by atoms with E-state index in [1.165, 1.54) is 0 Å². The van der Waals surface area contributed by atoms with Gasteiger partial charge in [0.2, 0.25) is 0 Å². The number of nitrogens with zero attached hydrogens (tertiary/aromatic N) is 2. The lowest BCUT2D eigenvalue weighted by Crippen LogP contribution is -2.10. The normalized spacial score (nSPS) is 12.9. The topological polar surface area (TPSA) is 79.6 Å². The maximum absolute atomic E-state index is 12.1. The molecule has 4 aromatic rings. The Morgan fingerprint density at radius 3 is 1.94 bits per heavy atom. The van der Waals surface area contributed by atoms with Crippen molar-refractivity contribution in [3.63, 3.8) is 0 Å². The minimum absolute atomic E-state index is 0.00797. The van der Waals surface area contributed by atoms with Crippen molar-refractivity contribution < 1.29 is 13.6 Å². The van der Waals surface area contributed by atoms with Gasteiger partial charge in [0, 0.05) is 30.3 Å². The van der Waals surface area contributed by atoms with Crippen LogP contribution in [-0.2, 0) is 9.84 Å². The largest absolute Gasteiger partial charge is 0.411 e. The number of aromatic nitrogens is 1. The minimum Gasteiger partial charge on any atom is -0.411 e. The average molecular weight is 471 g/mol. The zero-order valence-electron chi connectivity index (χ0n) is 18.9. The Morgan fingerprint density at radius 2 is 1.38 bits per heavy atom. The zero-order chi connectivity index (χ0) is 24.0. The van der Waals surface area contributed by atoms with Crippen LogP contribution in [0.3, 0.4) is 0 Å². The van der Waals surface area contributed by atoms with E-state index in [1.807, 2.05) is 54.6 Å². The third-order valence-corrected chi connectivity index (χ3v) is 7.72. The van der Waals surface area contributed by atoms with Gasteiger partial charge in [-0.2, -0.15) is 0 Å². The monoisotopic (exact) mass is 470 g/mol. The summed E-state index contributed by atoms with van der Waals surface area (Å²) in [5.41, 5.74) is 5.59. The second kappa shape index (κ2) is 10.4. The van der Waals surface area contributed by atoms with Gasteiger partial charge in [-0.15, -0.1) is 0 Å². The highest BCUT2D eigenvalue weighted by Gasteiger charge is 2.19. The molecule has 0 saturated carbocycles. The standard InChI is InChI=1S/C28H26N2O3S/c1-2-34(32,33)26-14-12-22(13-15-26)21-8-10-24(11-9-21)27(23-6-4-3-5-7-23)20-28(30-31)25-16-18-29-19-17-25/h3-19,27,31H,2,20H2,1H3. The predicted molar refractivity (Wildman–Crippen MR) is 135 cm³/mol. The van der Waals surface area contributed by atoms with E-state index >= 15 is 0 Å². The van der Waals surface area contributed by atoms with E-state index in [9.17, 15) is 13.6 Å². The van der Waals surface area contributed by atoms with Gasteiger partial charge in [-0.1, -0.05) is 78.8 Å². The Hall–Kier alpha value is -3.77. The third-order valence-electron chi connectivity index (χ3n) is 5.97. The average Bonchev–Trinajstić information content (AvgIpc) is 2.90. The van der Waals surface area contributed by atoms with E-state index in [2.05, 4.69) is 34.4 Å². The molecule has 1 atom stereocenters. The molecule has 6 heteroatoms. The van der Waals surface area contributed by atoms with Crippen LogP contribution in [0.5, 0.6) is 0 Å². The first-order chi connectivity index (χ1) is 16.5. The Kier molecular flexibility index (Phi) is 7.18. The summed E-state index contributed by atoms with van der Waals surface area (Å²) in [7, 11) is -3.22. The van der Waals surface area contributed by atoms with Gasteiger partial charge in [0.15, 0.2) is 9.84 Å². The van der Waals surface area contributed by atoms with Gasteiger partial charge in [-0.05, 0) is 46.5 Å². The molecule has 0 fully saturated rings. The molecule has 4 rings (SSSR count). The molecule has 0 aliphatic carbocycles. The Balaban J connectivity index is 1.64. The van der Waals surface area contributed by atoms with E-state index in [-0.39, 0.29) is 11.7 Å². The lowest BCUT2D eigenvalue weighted by atomic mass is 9.85. The van der Waals surface area contributed by atoms with Crippen molar-refractivity contribution in [2.45, 2.75) is 24.2 Å². The van der Waals surface area contributed by atoms with E-state index in [0.29, 0.717) is 17.0 Å². The summed E-state index contributed by atoms with van der Waals surface area (Å²) in [6, 6.07) is 29.0. The van der Waals surface area contributed by atoms with Gasteiger partial charge < -0.3 is 5.21 Å². The summed E-state index contributed by atoms with van der Waals surface area (Å²) in [5.74, 6) is 0.0759. The van der Waals surface area contributed by atoms with Crippen molar-refractivity contribution in [3.8, 4) is 11.1 Å². The summed E-state index contributed by atoms with van der Waals surface area (Å²) in [6.07, 6.45) is 3.89. The maximum Gasteiger partial charge on any atom is 0.178 e. The van der Waals surface area contributed by atoms with Crippen LogP contribution in [0.4, 0.5) is 0 Å². The van der Waals surface area contributed by atoms with Crippen LogP contribution >= 0.6 is 0 Å². The molecule has 0 radical (unpaired) electrons. The third kappa shape index (κ3) is 5.24. The maximum atomic E-state index is 12.1. The van der Waals surface area contributed by atoms with Crippen LogP contribution in [0.2, 0.25) is 0 Å². The lowest BCUT2D eigenvalue weighted by molar-refractivity contribution is 0.317. The van der Waals surface area contributed by atoms with E-state index in [0.717, 1.165) is 27.8 Å². The SMILES string of the molecule is CCS(=O)(=O)c1ccc(-c2ccc(C(CC(=NO)c3ccncc3)c3ccccc3)cc2)cc1. The molecule has 3 aromatic carbocycles. The summed E-state index contributed by atoms with van der Waals surface area (Å²) in [5, 5.41) is 13.3.